The molecule has 2 heterocycles. The molecule has 0 spiro atoms. The molecule has 0 saturated carbocycles. The van der Waals surface area contributed by atoms with Crippen molar-refractivity contribution >= 4 is 11.7 Å². The third kappa shape index (κ3) is 1.09. The average molecular weight is 164 g/mol. The summed E-state index contributed by atoms with van der Waals surface area (Å²) in [5.41, 5.74) is 1.14. The fraction of sp³-hybridized carbons (Fsp3) is 0.500. The maximum atomic E-state index is 4.39. The van der Waals surface area contributed by atoms with E-state index in [4.69, 9.17) is 0 Å². The van der Waals surface area contributed by atoms with Crippen LogP contribution in [0.1, 0.15) is 19.4 Å². The van der Waals surface area contributed by atoms with Gasteiger partial charge in [0.1, 0.15) is 11.7 Å². The van der Waals surface area contributed by atoms with Gasteiger partial charge in [-0.3, -0.25) is 10.1 Å². The Labute approximate surface area is 71.1 Å². The van der Waals surface area contributed by atoms with E-state index >= 15 is 0 Å². The molecule has 0 bridgehead atoms. The first-order chi connectivity index (χ1) is 5.77. The van der Waals surface area contributed by atoms with Crippen molar-refractivity contribution in [1.82, 2.24) is 10.2 Å². The second-order valence-electron chi connectivity index (χ2n) is 3.25. The van der Waals surface area contributed by atoms with Crippen molar-refractivity contribution in [3.8, 4) is 0 Å². The molecule has 64 valence electrons. The number of nitrogens with zero attached hydrogens (tertiary/aromatic N) is 2. The number of fused-ring (bicyclic) bond motifs is 1. The number of H-pyrrole nitrogens is 1. The number of hydrogen-bond acceptors (Lipinski definition) is 3. The number of nitrogens with one attached hydrogen (secondary N) is 2. The third-order valence-corrected chi connectivity index (χ3v) is 1.94. The number of amidine groups is 1. The van der Waals surface area contributed by atoms with Crippen LogP contribution < -0.4 is 5.32 Å². The molecule has 1 aliphatic rings. The van der Waals surface area contributed by atoms with Crippen molar-refractivity contribution in [2.75, 3.05) is 5.32 Å². The van der Waals surface area contributed by atoms with E-state index in [2.05, 4.69) is 34.4 Å². The predicted octanol–water partition coefficient (Wildman–Crippen LogP) is 1.39. The van der Waals surface area contributed by atoms with Gasteiger partial charge in [-0.2, -0.15) is 5.10 Å². The first-order valence-electron chi connectivity index (χ1n) is 4.11. The molecule has 0 radical (unpaired) electrons. The molecule has 0 unspecified atom stereocenters. The summed E-state index contributed by atoms with van der Waals surface area (Å²) >= 11 is 0. The van der Waals surface area contributed by atoms with E-state index in [0.29, 0.717) is 5.92 Å². The highest BCUT2D eigenvalue weighted by atomic mass is 15.2. The molecule has 0 atom stereocenters. The minimum Gasteiger partial charge on any atom is -0.329 e. The highest BCUT2D eigenvalue weighted by molar-refractivity contribution is 5.97. The number of aliphatic imine (C=N–C) groups is 1. The fourth-order valence-electron chi connectivity index (χ4n) is 1.20. The van der Waals surface area contributed by atoms with Crippen LogP contribution in [0.5, 0.6) is 0 Å². The van der Waals surface area contributed by atoms with E-state index in [1.165, 1.54) is 0 Å². The summed E-state index contributed by atoms with van der Waals surface area (Å²) in [6, 6.07) is 0. The van der Waals surface area contributed by atoms with Crippen LogP contribution in [-0.4, -0.2) is 16.0 Å². The van der Waals surface area contributed by atoms with Crippen LogP contribution in [0.3, 0.4) is 0 Å². The fourth-order valence-corrected chi connectivity index (χ4v) is 1.20. The van der Waals surface area contributed by atoms with Gasteiger partial charge in [0.05, 0.1) is 12.7 Å². The maximum absolute atomic E-state index is 4.39. The lowest BCUT2D eigenvalue weighted by molar-refractivity contribution is 0.854. The van der Waals surface area contributed by atoms with E-state index in [1.54, 1.807) is 0 Å². The summed E-state index contributed by atoms with van der Waals surface area (Å²) in [6.07, 6.45) is 1.81. The first-order valence-corrected chi connectivity index (χ1v) is 4.11. The predicted molar refractivity (Wildman–Crippen MR) is 48.2 cm³/mol. The molecule has 0 amide bonds. The molecule has 0 fully saturated rings. The highest BCUT2D eigenvalue weighted by Gasteiger charge is 2.14. The van der Waals surface area contributed by atoms with Crippen molar-refractivity contribution in [2.24, 2.45) is 10.9 Å². The van der Waals surface area contributed by atoms with Crippen LogP contribution in [0.25, 0.3) is 0 Å². The Balaban J connectivity index is 2.24. The van der Waals surface area contributed by atoms with Crippen LogP contribution in [0, 0.1) is 5.92 Å². The molecule has 0 saturated heterocycles. The van der Waals surface area contributed by atoms with Gasteiger partial charge in [0.15, 0.2) is 0 Å². The Kier molecular flexibility index (Phi) is 1.60. The third-order valence-electron chi connectivity index (χ3n) is 1.94. The average Bonchev–Trinajstić information content (AvgIpc) is 2.49. The standard InChI is InChI=1S/C8H12N4/c1-5(2)7-9-3-6-4-10-12-8(6)11-7/h4-5H,3H2,1-2H3,(H2,9,10,11,12). The van der Waals surface area contributed by atoms with Crippen LogP contribution >= 0.6 is 0 Å². The Hall–Kier alpha value is -1.32. The number of rotatable bonds is 1. The second-order valence-corrected chi connectivity index (χ2v) is 3.25. The zero-order valence-corrected chi connectivity index (χ0v) is 7.26. The van der Waals surface area contributed by atoms with Crippen LogP contribution in [-0.2, 0) is 6.54 Å². The van der Waals surface area contributed by atoms with E-state index < -0.39 is 0 Å². The van der Waals surface area contributed by atoms with E-state index in [-0.39, 0.29) is 0 Å². The molecule has 1 aromatic heterocycles. The van der Waals surface area contributed by atoms with Crippen LogP contribution in [0.15, 0.2) is 11.2 Å². The summed E-state index contributed by atoms with van der Waals surface area (Å²) in [5, 5.41) is 10.0. The Bertz CT molecular complexity index is 311. The monoisotopic (exact) mass is 164 g/mol. The lowest BCUT2D eigenvalue weighted by atomic mass is 10.1. The zero-order valence-electron chi connectivity index (χ0n) is 7.26. The minimum atomic E-state index is 0.446. The molecule has 0 aliphatic carbocycles. The van der Waals surface area contributed by atoms with E-state index in [0.717, 1.165) is 23.8 Å². The van der Waals surface area contributed by atoms with Gasteiger partial charge in [-0.05, 0) is 0 Å². The van der Waals surface area contributed by atoms with Gasteiger partial charge in [-0.15, -0.1) is 0 Å². The summed E-state index contributed by atoms with van der Waals surface area (Å²) < 4.78 is 0. The van der Waals surface area contributed by atoms with E-state index in [1.807, 2.05) is 6.20 Å². The van der Waals surface area contributed by atoms with Gasteiger partial charge in [-0.25, -0.2) is 0 Å². The number of aromatic amines is 1. The zero-order chi connectivity index (χ0) is 8.55. The van der Waals surface area contributed by atoms with Gasteiger partial charge in [0, 0.05) is 11.5 Å². The van der Waals surface area contributed by atoms with Crippen molar-refractivity contribution in [3.05, 3.63) is 11.8 Å². The smallest absolute Gasteiger partial charge is 0.131 e. The molecule has 4 nitrogen and oxygen atoms in total. The summed E-state index contributed by atoms with van der Waals surface area (Å²) in [7, 11) is 0. The highest BCUT2D eigenvalue weighted by Crippen LogP contribution is 2.18. The number of anilines is 1. The first kappa shape index (κ1) is 7.34. The van der Waals surface area contributed by atoms with Crippen molar-refractivity contribution < 1.29 is 0 Å². The maximum Gasteiger partial charge on any atom is 0.131 e. The SMILES string of the molecule is CC(C)C1=NCc2cn[nH]c2N1. The lowest BCUT2D eigenvalue weighted by Gasteiger charge is -2.16. The van der Waals surface area contributed by atoms with E-state index in [9.17, 15) is 0 Å². The van der Waals surface area contributed by atoms with Crippen molar-refractivity contribution in [1.29, 1.82) is 0 Å². The molecule has 4 heteroatoms. The second kappa shape index (κ2) is 2.62. The lowest BCUT2D eigenvalue weighted by Crippen LogP contribution is -2.22. The molecule has 12 heavy (non-hydrogen) atoms. The Morgan fingerprint density at radius 1 is 1.50 bits per heavy atom. The normalized spacial score (nSPS) is 15.4. The Morgan fingerprint density at radius 2 is 2.33 bits per heavy atom. The topological polar surface area (TPSA) is 53.1 Å². The van der Waals surface area contributed by atoms with Gasteiger partial charge in [-0.1, -0.05) is 13.8 Å². The molecule has 2 N–H and O–H groups in total. The van der Waals surface area contributed by atoms with Gasteiger partial charge >= 0.3 is 0 Å². The molecule has 2 rings (SSSR count). The Morgan fingerprint density at radius 3 is 3.08 bits per heavy atom. The van der Waals surface area contributed by atoms with Gasteiger partial charge < -0.3 is 5.32 Å². The molecule has 1 aliphatic heterocycles. The molecular formula is C8H12N4. The van der Waals surface area contributed by atoms with Crippen molar-refractivity contribution in [3.63, 3.8) is 0 Å². The molecule has 1 aromatic rings. The van der Waals surface area contributed by atoms with Crippen LogP contribution in [0.2, 0.25) is 0 Å². The largest absolute Gasteiger partial charge is 0.329 e. The van der Waals surface area contributed by atoms with Crippen molar-refractivity contribution in [2.45, 2.75) is 20.4 Å². The summed E-state index contributed by atoms with van der Waals surface area (Å²) in [4.78, 5) is 4.39. The summed E-state index contributed by atoms with van der Waals surface area (Å²) in [5.74, 6) is 2.47. The summed E-state index contributed by atoms with van der Waals surface area (Å²) in [6.45, 7) is 4.98. The number of hydrogen-bond donors (Lipinski definition) is 2. The quantitative estimate of drug-likeness (QED) is 0.659. The minimum absolute atomic E-state index is 0.446. The van der Waals surface area contributed by atoms with Crippen LogP contribution in [0.4, 0.5) is 5.82 Å². The van der Waals surface area contributed by atoms with Gasteiger partial charge in [0.25, 0.3) is 0 Å². The number of aromatic nitrogens is 2. The molecular weight excluding hydrogens is 152 g/mol. The van der Waals surface area contributed by atoms with Gasteiger partial charge in [0.2, 0.25) is 0 Å². The molecule has 0 aromatic carbocycles.